The molecule has 0 aromatic carbocycles. The number of carbonyl (C=O) groups excluding carboxylic acids is 2. The predicted octanol–water partition coefficient (Wildman–Crippen LogP) is 4.89. The molecule has 0 amide bonds. The van der Waals surface area contributed by atoms with E-state index in [4.69, 9.17) is 0 Å². The summed E-state index contributed by atoms with van der Waals surface area (Å²) in [6, 6.07) is 0. The maximum Gasteiger partial charge on any atom is 0.149 e. The van der Waals surface area contributed by atoms with E-state index in [2.05, 4.69) is 12.2 Å². The van der Waals surface area contributed by atoms with Crippen molar-refractivity contribution in [3.63, 3.8) is 0 Å². The van der Waals surface area contributed by atoms with Crippen molar-refractivity contribution in [3.05, 3.63) is 0 Å². The largest absolute Gasteiger partial charge is 0.303 e. The maximum atomic E-state index is 12.5. The SMILES string of the molecule is CCSSCC1CCCC(C(=O)CNCC(=O)C2CCCCCC2)C1. The van der Waals surface area contributed by atoms with Gasteiger partial charge in [0, 0.05) is 23.3 Å². The van der Waals surface area contributed by atoms with Crippen molar-refractivity contribution in [3.8, 4) is 0 Å². The number of nitrogens with one attached hydrogen (secondary N) is 1. The van der Waals surface area contributed by atoms with Crippen LogP contribution in [0.15, 0.2) is 0 Å². The first-order valence-electron chi connectivity index (χ1n) is 10.2. The molecule has 2 atom stereocenters. The molecule has 3 nitrogen and oxygen atoms in total. The summed E-state index contributed by atoms with van der Waals surface area (Å²) in [6.07, 6.45) is 11.6. The minimum absolute atomic E-state index is 0.214. The van der Waals surface area contributed by atoms with Gasteiger partial charge in [0.15, 0.2) is 0 Å². The third-order valence-corrected chi connectivity index (χ3v) is 8.28. The summed E-state index contributed by atoms with van der Waals surface area (Å²) in [4.78, 5) is 24.8. The normalized spacial score (nSPS) is 25.5. The Morgan fingerprint density at radius 3 is 2.16 bits per heavy atom. The zero-order valence-corrected chi connectivity index (χ0v) is 17.4. The van der Waals surface area contributed by atoms with Crippen LogP contribution in [0.3, 0.4) is 0 Å². The average molecular weight is 386 g/mol. The van der Waals surface area contributed by atoms with Crippen LogP contribution in [0.5, 0.6) is 0 Å². The minimum Gasteiger partial charge on any atom is -0.303 e. The van der Waals surface area contributed by atoms with Gasteiger partial charge in [-0.15, -0.1) is 0 Å². The fourth-order valence-electron chi connectivity index (χ4n) is 4.16. The van der Waals surface area contributed by atoms with Crippen LogP contribution in [0.2, 0.25) is 0 Å². The quantitative estimate of drug-likeness (QED) is 0.329. The Kier molecular flexibility index (Phi) is 10.6. The molecule has 0 saturated heterocycles. The van der Waals surface area contributed by atoms with E-state index in [1.807, 2.05) is 21.6 Å². The summed E-state index contributed by atoms with van der Waals surface area (Å²) < 4.78 is 0. The van der Waals surface area contributed by atoms with Crippen LogP contribution < -0.4 is 5.32 Å². The van der Waals surface area contributed by atoms with Crippen LogP contribution >= 0.6 is 21.6 Å². The van der Waals surface area contributed by atoms with Gasteiger partial charge in [0.05, 0.1) is 13.1 Å². The Labute approximate surface area is 161 Å². The molecule has 0 aromatic rings. The molecule has 1 N–H and O–H groups in total. The minimum atomic E-state index is 0.214. The summed E-state index contributed by atoms with van der Waals surface area (Å²) >= 11 is 0. The molecule has 25 heavy (non-hydrogen) atoms. The summed E-state index contributed by atoms with van der Waals surface area (Å²) in [5.41, 5.74) is 0. The van der Waals surface area contributed by atoms with Crippen molar-refractivity contribution in [1.82, 2.24) is 5.32 Å². The van der Waals surface area contributed by atoms with Gasteiger partial charge in [-0.05, 0) is 38.0 Å². The molecule has 2 rings (SSSR count). The van der Waals surface area contributed by atoms with Gasteiger partial charge in [0.1, 0.15) is 11.6 Å². The van der Waals surface area contributed by atoms with E-state index in [0.717, 1.165) is 31.4 Å². The third kappa shape index (κ3) is 8.04. The van der Waals surface area contributed by atoms with Crippen molar-refractivity contribution >= 4 is 33.2 Å². The van der Waals surface area contributed by atoms with Crippen LogP contribution in [0, 0.1) is 17.8 Å². The summed E-state index contributed by atoms with van der Waals surface area (Å²) in [5, 5.41) is 3.16. The molecular formula is C20H35NO2S2. The topological polar surface area (TPSA) is 46.2 Å². The number of ketones is 2. The highest BCUT2D eigenvalue weighted by Gasteiger charge is 2.27. The van der Waals surface area contributed by atoms with Crippen LogP contribution in [-0.4, -0.2) is 36.2 Å². The van der Waals surface area contributed by atoms with Gasteiger partial charge in [0.2, 0.25) is 0 Å². The second-order valence-corrected chi connectivity index (χ2v) is 10.4. The fraction of sp³-hybridized carbons (Fsp3) is 0.900. The van der Waals surface area contributed by atoms with E-state index in [-0.39, 0.29) is 11.8 Å². The molecule has 5 heteroatoms. The Morgan fingerprint density at radius 2 is 1.48 bits per heavy atom. The van der Waals surface area contributed by atoms with Gasteiger partial charge in [-0.1, -0.05) is 60.6 Å². The van der Waals surface area contributed by atoms with Crippen LogP contribution in [0.25, 0.3) is 0 Å². The Balaban J connectivity index is 1.64. The lowest BCUT2D eigenvalue weighted by atomic mass is 9.80. The van der Waals surface area contributed by atoms with Crippen molar-refractivity contribution in [2.24, 2.45) is 17.8 Å². The maximum absolute atomic E-state index is 12.5. The lowest BCUT2D eigenvalue weighted by molar-refractivity contribution is -0.124. The van der Waals surface area contributed by atoms with Gasteiger partial charge < -0.3 is 5.32 Å². The van der Waals surface area contributed by atoms with Crippen molar-refractivity contribution in [2.45, 2.75) is 71.1 Å². The molecule has 0 radical (unpaired) electrons. The standard InChI is InChI=1S/C20H35NO2S2/c1-2-24-25-15-16-8-7-11-18(12-16)20(23)14-21-13-19(22)17-9-5-3-4-6-10-17/h16-18,21H,2-15H2,1H3. The number of hydrogen-bond acceptors (Lipinski definition) is 5. The van der Waals surface area contributed by atoms with Crippen LogP contribution in [0.1, 0.15) is 71.1 Å². The third-order valence-electron chi connectivity index (χ3n) is 5.65. The van der Waals surface area contributed by atoms with Gasteiger partial charge in [-0.25, -0.2) is 0 Å². The van der Waals surface area contributed by atoms with Gasteiger partial charge in [-0.3, -0.25) is 9.59 Å². The number of carbonyl (C=O) groups is 2. The Bertz CT molecular complexity index is 409. The second-order valence-electron chi connectivity index (χ2n) is 7.65. The number of hydrogen-bond donors (Lipinski definition) is 1. The van der Waals surface area contributed by atoms with Gasteiger partial charge in [-0.2, -0.15) is 0 Å². The smallest absolute Gasteiger partial charge is 0.149 e. The second kappa shape index (κ2) is 12.4. The van der Waals surface area contributed by atoms with E-state index in [1.165, 1.54) is 44.3 Å². The molecule has 0 spiro atoms. The van der Waals surface area contributed by atoms with Crippen molar-refractivity contribution in [1.29, 1.82) is 0 Å². The van der Waals surface area contributed by atoms with Crippen molar-refractivity contribution < 1.29 is 9.59 Å². The highest BCUT2D eigenvalue weighted by molar-refractivity contribution is 8.76. The van der Waals surface area contributed by atoms with E-state index in [0.29, 0.717) is 30.6 Å². The fourth-order valence-corrected chi connectivity index (χ4v) is 6.29. The van der Waals surface area contributed by atoms with E-state index >= 15 is 0 Å². The molecule has 2 aliphatic carbocycles. The molecule has 2 aliphatic rings. The number of rotatable bonds is 10. The monoisotopic (exact) mass is 385 g/mol. The van der Waals surface area contributed by atoms with Crippen LogP contribution in [-0.2, 0) is 9.59 Å². The zero-order valence-electron chi connectivity index (χ0n) is 15.8. The van der Waals surface area contributed by atoms with Gasteiger partial charge >= 0.3 is 0 Å². The highest BCUT2D eigenvalue weighted by Crippen LogP contribution is 2.34. The Hall–Kier alpha value is -0.0000000000000000555. The Morgan fingerprint density at radius 1 is 0.840 bits per heavy atom. The molecule has 2 saturated carbocycles. The lowest BCUT2D eigenvalue weighted by Gasteiger charge is -2.28. The van der Waals surface area contributed by atoms with Crippen molar-refractivity contribution in [2.75, 3.05) is 24.6 Å². The summed E-state index contributed by atoms with van der Waals surface area (Å²) in [6.45, 7) is 2.95. The highest BCUT2D eigenvalue weighted by atomic mass is 33.1. The summed E-state index contributed by atoms with van der Waals surface area (Å²) in [7, 11) is 3.88. The number of Topliss-reactive ketones (excluding diaryl/α,β-unsaturated/α-hetero) is 2. The molecule has 0 bridgehead atoms. The van der Waals surface area contributed by atoms with E-state index in [1.54, 1.807) is 0 Å². The predicted molar refractivity (Wildman–Crippen MR) is 110 cm³/mol. The molecule has 2 fully saturated rings. The molecule has 0 aromatic heterocycles. The lowest BCUT2D eigenvalue weighted by Crippen LogP contribution is -2.36. The van der Waals surface area contributed by atoms with E-state index in [9.17, 15) is 9.59 Å². The van der Waals surface area contributed by atoms with Gasteiger partial charge in [0.25, 0.3) is 0 Å². The molecule has 0 heterocycles. The average Bonchev–Trinajstić information content (AvgIpc) is 2.91. The molecule has 0 aliphatic heterocycles. The molecular weight excluding hydrogens is 350 g/mol. The molecule has 144 valence electrons. The van der Waals surface area contributed by atoms with Crippen LogP contribution in [0.4, 0.5) is 0 Å². The first-order valence-corrected chi connectivity index (χ1v) is 12.7. The first kappa shape index (κ1) is 21.3. The first-order chi connectivity index (χ1) is 12.2. The van der Waals surface area contributed by atoms with E-state index < -0.39 is 0 Å². The summed E-state index contributed by atoms with van der Waals surface area (Å²) in [5.74, 6) is 4.12. The molecule has 2 unspecified atom stereocenters. The zero-order chi connectivity index (χ0) is 17.9.